The van der Waals surface area contributed by atoms with Gasteiger partial charge < -0.3 is 14.7 Å². The van der Waals surface area contributed by atoms with Crippen LogP contribution in [0.15, 0.2) is 18.2 Å². The van der Waals surface area contributed by atoms with E-state index in [4.69, 9.17) is 21.4 Å². The molecule has 0 aromatic heterocycles. The summed E-state index contributed by atoms with van der Waals surface area (Å²) in [4.78, 5) is 24.5. The van der Waals surface area contributed by atoms with Crippen LogP contribution in [-0.4, -0.2) is 41.6 Å². The van der Waals surface area contributed by atoms with Crippen molar-refractivity contribution in [1.82, 2.24) is 4.90 Å². The standard InChI is InChI=1S/C16H19ClFNO4/c17-13-8-12(4-5-14(13)18)23-10-15(20)19-7-1-2-11(9-19)3-6-16(21)22/h4-5,8,11H,1-3,6-7,9-10H2,(H,21,22). The molecule has 0 saturated carbocycles. The first-order valence-corrected chi connectivity index (χ1v) is 7.91. The van der Waals surface area contributed by atoms with Gasteiger partial charge >= 0.3 is 5.97 Å². The van der Waals surface area contributed by atoms with E-state index in [9.17, 15) is 14.0 Å². The van der Waals surface area contributed by atoms with Crippen molar-refractivity contribution in [1.29, 1.82) is 0 Å². The summed E-state index contributed by atoms with van der Waals surface area (Å²) in [5.41, 5.74) is 0. The van der Waals surface area contributed by atoms with E-state index >= 15 is 0 Å². The zero-order valence-corrected chi connectivity index (χ0v) is 13.4. The number of hydrogen-bond acceptors (Lipinski definition) is 3. The number of carbonyl (C=O) groups is 2. The van der Waals surface area contributed by atoms with E-state index in [0.29, 0.717) is 25.3 Å². The molecule has 1 aromatic rings. The van der Waals surface area contributed by atoms with Crippen molar-refractivity contribution in [3.05, 3.63) is 29.0 Å². The van der Waals surface area contributed by atoms with Crippen LogP contribution in [0.2, 0.25) is 5.02 Å². The summed E-state index contributed by atoms with van der Waals surface area (Å²) in [7, 11) is 0. The van der Waals surface area contributed by atoms with Gasteiger partial charge in [0, 0.05) is 25.6 Å². The van der Waals surface area contributed by atoms with Crippen LogP contribution in [0.5, 0.6) is 5.75 Å². The highest BCUT2D eigenvalue weighted by atomic mass is 35.5. The SMILES string of the molecule is O=C(O)CCC1CCCN(C(=O)COc2ccc(F)c(Cl)c2)C1. The highest BCUT2D eigenvalue weighted by Gasteiger charge is 2.24. The summed E-state index contributed by atoms with van der Waals surface area (Å²) in [6, 6.07) is 3.93. The van der Waals surface area contributed by atoms with Gasteiger partial charge in [-0.15, -0.1) is 0 Å². The Hall–Kier alpha value is -1.82. The molecule has 0 aliphatic carbocycles. The van der Waals surface area contributed by atoms with Gasteiger partial charge in [0.1, 0.15) is 11.6 Å². The molecule has 1 aromatic carbocycles. The third kappa shape index (κ3) is 5.39. The van der Waals surface area contributed by atoms with Crippen LogP contribution in [0, 0.1) is 11.7 Å². The summed E-state index contributed by atoms with van der Waals surface area (Å²) in [6.45, 7) is 1.06. The van der Waals surface area contributed by atoms with Crippen LogP contribution in [0.25, 0.3) is 0 Å². The van der Waals surface area contributed by atoms with Crippen molar-refractivity contribution >= 4 is 23.5 Å². The monoisotopic (exact) mass is 343 g/mol. The fraction of sp³-hybridized carbons (Fsp3) is 0.500. The summed E-state index contributed by atoms with van der Waals surface area (Å²) < 4.78 is 18.4. The molecule has 5 nitrogen and oxygen atoms in total. The van der Waals surface area contributed by atoms with Gasteiger partial charge in [0.2, 0.25) is 0 Å². The zero-order chi connectivity index (χ0) is 16.8. The maximum atomic E-state index is 13.1. The Bertz CT molecular complexity index is 581. The number of rotatable bonds is 6. The number of halogens is 2. The van der Waals surface area contributed by atoms with Crippen LogP contribution in [0.4, 0.5) is 4.39 Å². The second-order valence-corrected chi connectivity index (χ2v) is 6.05. The van der Waals surface area contributed by atoms with Gasteiger partial charge in [0.25, 0.3) is 5.91 Å². The lowest BCUT2D eigenvalue weighted by atomic mass is 9.93. The van der Waals surface area contributed by atoms with Crippen LogP contribution in [0.3, 0.4) is 0 Å². The first-order chi connectivity index (χ1) is 11.0. The van der Waals surface area contributed by atoms with Crippen molar-refractivity contribution in [3.8, 4) is 5.75 Å². The average molecular weight is 344 g/mol. The number of carbonyl (C=O) groups excluding carboxylic acids is 1. The lowest BCUT2D eigenvalue weighted by Gasteiger charge is -2.32. The second kappa shape index (κ2) is 8.15. The maximum absolute atomic E-state index is 13.1. The highest BCUT2D eigenvalue weighted by molar-refractivity contribution is 6.30. The molecule has 1 aliphatic rings. The molecule has 2 rings (SSSR count). The fourth-order valence-electron chi connectivity index (χ4n) is 2.66. The minimum Gasteiger partial charge on any atom is -0.484 e. The largest absolute Gasteiger partial charge is 0.484 e. The van der Waals surface area contributed by atoms with E-state index < -0.39 is 11.8 Å². The van der Waals surface area contributed by atoms with Crippen molar-refractivity contribution < 1.29 is 23.8 Å². The smallest absolute Gasteiger partial charge is 0.303 e. The van der Waals surface area contributed by atoms with Gasteiger partial charge in [0.15, 0.2) is 6.61 Å². The molecule has 0 bridgehead atoms. The Morgan fingerprint density at radius 2 is 2.22 bits per heavy atom. The number of carboxylic acids is 1. The van der Waals surface area contributed by atoms with Gasteiger partial charge in [-0.2, -0.15) is 0 Å². The Kier molecular flexibility index (Phi) is 6.21. The van der Waals surface area contributed by atoms with Crippen molar-refractivity contribution in [2.24, 2.45) is 5.92 Å². The summed E-state index contributed by atoms with van der Waals surface area (Å²) in [5, 5.41) is 8.68. The third-order valence-electron chi connectivity index (χ3n) is 3.89. The number of benzene rings is 1. The lowest BCUT2D eigenvalue weighted by molar-refractivity contribution is -0.137. The van der Waals surface area contributed by atoms with Crippen molar-refractivity contribution in [2.45, 2.75) is 25.7 Å². The molecule has 0 spiro atoms. The molecule has 1 heterocycles. The van der Waals surface area contributed by atoms with Crippen LogP contribution >= 0.6 is 11.6 Å². The maximum Gasteiger partial charge on any atom is 0.303 e. The Morgan fingerprint density at radius 1 is 1.43 bits per heavy atom. The van der Waals surface area contributed by atoms with E-state index in [1.165, 1.54) is 18.2 Å². The van der Waals surface area contributed by atoms with Gasteiger partial charge in [-0.05, 0) is 37.3 Å². The molecule has 23 heavy (non-hydrogen) atoms. The molecule has 1 amide bonds. The quantitative estimate of drug-likeness (QED) is 0.862. The number of ether oxygens (including phenoxy) is 1. The molecule has 126 valence electrons. The number of hydrogen-bond donors (Lipinski definition) is 1. The van der Waals surface area contributed by atoms with E-state index in [1.807, 2.05) is 0 Å². The first kappa shape index (κ1) is 17.5. The van der Waals surface area contributed by atoms with E-state index in [0.717, 1.165) is 12.8 Å². The third-order valence-corrected chi connectivity index (χ3v) is 4.18. The topological polar surface area (TPSA) is 66.8 Å². The van der Waals surface area contributed by atoms with Crippen LogP contribution in [-0.2, 0) is 9.59 Å². The second-order valence-electron chi connectivity index (χ2n) is 5.65. The Balaban J connectivity index is 1.82. The average Bonchev–Trinajstić information content (AvgIpc) is 2.54. The molecule has 7 heteroatoms. The predicted molar refractivity (Wildman–Crippen MR) is 83.1 cm³/mol. The van der Waals surface area contributed by atoms with Crippen LogP contribution in [0.1, 0.15) is 25.7 Å². The predicted octanol–water partition coefficient (Wildman–Crippen LogP) is 2.96. The molecule has 1 fully saturated rings. The molecular formula is C16H19ClFNO4. The van der Waals surface area contributed by atoms with Crippen LogP contribution < -0.4 is 4.74 Å². The molecule has 1 saturated heterocycles. The zero-order valence-electron chi connectivity index (χ0n) is 12.6. The number of piperidine rings is 1. The molecular weight excluding hydrogens is 325 g/mol. The molecule has 1 aliphatic heterocycles. The number of amides is 1. The van der Waals surface area contributed by atoms with E-state index in [2.05, 4.69) is 0 Å². The van der Waals surface area contributed by atoms with Crippen molar-refractivity contribution in [2.75, 3.05) is 19.7 Å². The molecule has 0 radical (unpaired) electrons. The van der Waals surface area contributed by atoms with Gasteiger partial charge in [-0.3, -0.25) is 9.59 Å². The van der Waals surface area contributed by atoms with Gasteiger partial charge in [-0.1, -0.05) is 11.6 Å². The number of carboxylic acid groups (broad SMARTS) is 1. The molecule has 1 unspecified atom stereocenters. The normalized spacial score (nSPS) is 17.8. The summed E-state index contributed by atoms with van der Waals surface area (Å²) >= 11 is 5.66. The number of nitrogens with zero attached hydrogens (tertiary/aromatic N) is 1. The highest BCUT2D eigenvalue weighted by Crippen LogP contribution is 2.23. The van der Waals surface area contributed by atoms with Gasteiger partial charge in [0.05, 0.1) is 5.02 Å². The van der Waals surface area contributed by atoms with Gasteiger partial charge in [-0.25, -0.2) is 4.39 Å². The summed E-state index contributed by atoms with van der Waals surface area (Å²) in [5.74, 6) is -0.966. The molecule has 1 N–H and O–H groups in total. The number of likely N-dealkylation sites (tertiary alicyclic amines) is 1. The summed E-state index contributed by atoms with van der Waals surface area (Å²) in [6.07, 6.45) is 2.49. The fourth-order valence-corrected chi connectivity index (χ4v) is 2.83. The number of aliphatic carboxylic acids is 1. The van der Waals surface area contributed by atoms with E-state index in [-0.39, 0.29) is 29.9 Å². The Morgan fingerprint density at radius 3 is 2.91 bits per heavy atom. The minimum atomic E-state index is -0.815. The van der Waals surface area contributed by atoms with E-state index in [1.54, 1.807) is 4.90 Å². The first-order valence-electron chi connectivity index (χ1n) is 7.53. The lowest BCUT2D eigenvalue weighted by Crippen LogP contribution is -2.42. The molecule has 1 atom stereocenters. The van der Waals surface area contributed by atoms with Crippen molar-refractivity contribution in [3.63, 3.8) is 0 Å². The Labute approximate surface area is 139 Å². The minimum absolute atomic E-state index is 0.0540.